The number of fused-ring (bicyclic) bond motifs is 1. The van der Waals surface area contributed by atoms with Crippen molar-refractivity contribution in [3.63, 3.8) is 0 Å². The number of aromatic nitrogens is 1. The van der Waals surface area contributed by atoms with E-state index in [1.54, 1.807) is 48.8 Å². The SMILES string of the molecule is COc1cc(Cl)cc2cc(C(=O)C3=C(O)C(=O)N(Cc4ccco4)C3c3cccnc3)oc12. The molecule has 1 atom stereocenters. The van der Waals surface area contributed by atoms with Crippen molar-refractivity contribution in [2.24, 2.45) is 0 Å². The normalized spacial score (nSPS) is 16.1. The summed E-state index contributed by atoms with van der Waals surface area (Å²) in [5, 5.41) is 11.7. The van der Waals surface area contributed by atoms with Crippen molar-refractivity contribution in [2.75, 3.05) is 7.11 Å². The predicted molar refractivity (Wildman–Crippen MR) is 118 cm³/mol. The van der Waals surface area contributed by atoms with Gasteiger partial charge in [0.25, 0.3) is 5.91 Å². The highest BCUT2D eigenvalue weighted by Crippen LogP contribution is 2.41. The van der Waals surface area contributed by atoms with Crippen LogP contribution in [0.3, 0.4) is 0 Å². The number of hydrogen-bond acceptors (Lipinski definition) is 7. The first kappa shape index (κ1) is 20.8. The van der Waals surface area contributed by atoms with Crippen molar-refractivity contribution in [1.82, 2.24) is 9.88 Å². The molecule has 33 heavy (non-hydrogen) atoms. The first-order valence-corrected chi connectivity index (χ1v) is 10.3. The monoisotopic (exact) mass is 464 g/mol. The maximum absolute atomic E-state index is 13.6. The van der Waals surface area contributed by atoms with Gasteiger partial charge in [-0.1, -0.05) is 17.7 Å². The number of methoxy groups -OCH3 is 1. The summed E-state index contributed by atoms with van der Waals surface area (Å²) in [4.78, 5) is 32.1. The molecule has 8 nitrogen and oxygen atoms in total. The van der Waals surface area contributed by atoms with Gasteiger partial charge in [0.2, 0.25) is 5.78 Å². The number of halogens is 1. The summed E-state index contributed by atoms with van der Waals surface area (Å²) >= 11 is 6.13. The lowest BCUT2D eigenvalue weighted by molar-refractivity contribution is -0.130. The van der Waals surface area contributed by atoms with Crippen LogP contribution in [0.2, 0.25) is 5.02 Å². The highest BCUT2D eigenvalue weighted by atomic mass is 35.5. The van der Waals surface area contributed by atoms with Gasteiger partial charge in [0.15, 0.2) is 22.9 Å². The second-order valence-electron chi connectivity index (χ2n) is 7.43. The highest BCUT2D eigenvalue weighted by Gasteiger charge is 2.45. The van der Waals surface area contributed by atoms with Crippen LogP contribution in [0.25, 0.3) is 11.0 Å². The van der Waals surface area contributed by atoms with Crippen molar-refractivity contribution < 1.29 is 28.3 Å². The second kappa shape index (κ2) is 8.14. The Kier molecular flexibility index (Phi) is 5.14. The van der Waals surface area contributed by atoms with Gasteiger partial charge in [-0.15, -0.1) is 0 Å². The van der Waals surface area contributed by atoms with Crippen molar-refractivity contribution >= 4 is 34.3 Å². The van der Waals surface area contributed by atoms with Crippen LogP contribution in [0.4, 0.5) is 0 Å². The number of carbonyl (C=O) groups excluding carboxylic acids is 2. The summed E-state index contributed by atoms with van der Waals surface area (Å²) in [5.74, 6) is -1.17. The number of benzene rings is 1. The zero-order valence-corrected chi connectivity index (χ0v) is 18.1. The van der Waals surface area contributed by atoms with E-state index in [1.807, 2.05) is 0 Å². The number of aliphatic hydroxyl groups is 1. The van der Waals surface area contributed by atoms with Crippen molar-refractivity contribution in [3.8, 4) is 5.75 Å². The standard InChI is InChI=1S/C24H17ClN2O6/c1-31-18-10-15(25)8-14-9-17(33-23(14)18)21(28)19-20(13-4-2-6-26-11-13)27(24(30)22(19)29)12-16-5-3-7-32-16/h2-11,20,29H,12H2,1H3. The van der Waals surface area contributed by atoms with Crippen LogP contribution < -0.4 is 4.74 Å². The molecule has 1 amide bonds. The Bertz CT molecular complexity index is 1390. The molecule has 4 heterocycles. The fourth-order valence-electron chi connectivity index (χ4n) is 3.99. The Morgan fingerprint density at radius 2 is 2.12 bits per heavy atom. The summed E-state index contributed by atoms with van der Waals surface area (Å²) in [6.07, 6.45) is 4.61. The number of ketones is 1. The molecule has 3 aromatic heterocycles. The summed E-state index contributed by atoms with van der Waals surface area (Å²) in [5.41, 5.74) is 0.783. The van der Waals surface area contributed by atoms with Gasteiger partial charge in [-0.2, -0.15) is 0 Å². The van der Waals surface area contributed by atoms with Crippen molar-refractivity contribution in [2.45, 2.75) is 12.6 Å². The minimum Gasteiger partial charge on any atom is -0.503 e. The molecule has 0 saturated heterocycles. The van der Waals surface area contributed by atoms with Gasteiger partial charge in [0, 0.05) is 28.9 Å². The van der Waals surface area contributed by atoms with E-state index in [0.717, 1.165) is 0 Å². The fraction of sp³-hybridized carbons (Fsp3) is 0.125. The van der Waals surface area contributed by atoms with Gasteiger partial charge in [0.05, 0.1) is 31.5 Å². The minimum absolute atomic E-state index is 0.0514. The molecule has 1 N–H and O–H groups in total. The summed E-state index contributed by atoms with van der Waals surface area (Å²) in [7, 11) is 1.46. The molecule has 0 saturated carbocycles. The Morgan fingerprint density at radius 3 is 2.82 bits per heavy atom. The number of furan rings is 2. The maximum atomic E-state index is 13.6. The molecule has 0 aliphatic carbocycles. The van der Waals surface area contributed by atoms with Crippen LogP contribution in [-0.2, 0) is 11.3 Å². The third-order valence-corrected chi connectivity index (χ3v) is 5.66. The fourth-order valence-corrected chi connectivity index (χ4v) is 4.20. The first-order chi connectivity index (χ1) is 16.0. The quantitative estimate of drug-likeness (QED) is 0.406. The molecule has 5 rings (SSSR count). The van der Waals surface area contributed by atoms with Crippen molar-refractivity contribution in [3.05, 3.63) is 94.6 Å². The molecule has 9 heteroatoms. The summed E-state index contributed by atoms with van der Waals surface area (Å²) < 4.78 is 16.5. The molecule has 4 aromatic rings. The first-order valence-electron chi connectivity index (χ1n) is 9.96. The van der Waals surface area contributed by atoms with Gasteiger partial charge in [-0.3, -0.25) is 14.6 Å². The lowest BCUT2D eigenvalue weighted by atomic mass is 9.96. The number of Topliss-reactive ketones (excluding diaryl/α,β-unsaturated/α-hetero) is 1. The second-order valence-corrected chi connectivity index (χ2v) is 7.87. The number of nitrogens with zero attached hydrogens (tertiary/aromatic N) is 2. The number of amides is 1. The molecule has 0 bridgehead atoms. The lowest BCUT2D eigenvalue weighted by Gasteiger charge is -2.25. The van der Waals surface area contributed by atoms with Crippen LogP contribution in [-0.4, -0.2) is 33.8 Å². The van der Waals surface area contributed by atoms with E-state index in [-0.39, 0.29) is 17.9 Å². The largest absolute Gasteiger partial charge is 0.503 e. The molecule has 0 fully saturated rings. The van der Waals surface area contributed by atoms with Crippen LogP contribution in [0.1, 0.15) is 27.9 Å². The minimum atomic E-state index is -0.887. The lowest BCUT2D eigenvalue weighted by Crippen LogP contribution is -2.30. The third kappa shape index (κ3) is 3.54. The molecule has 1 aliphatic rings. The summed E-state index contributed by atoms with van der Waals surface area (Å²) in [6, 6.07) is 10.6. The molecule has 1 aliphatic heterocycles. The van der Waals surface area contributed by atoms with Gasteiger partial charge < -0.3 is 23.6 Å². The van der Waals surface area contributed by atoms with E-state index in [1.165, 1.54) is 24.3 Å². The highest BCUT2D eigenvalue weighted by molar-refractivity contribution is 6.31. The third-order valence-electron chi connectivity index (χ3n) is 5.45. The van der Waals surface area contributed by atoms with E-state index < -0.39 is 23.5 Å². The Morgan fingerprint density at radius 1 is 1.27 bits per heavy atom. The molecule has 166 valence electrons. The molecular formula is C24H17ClN2O6. The van der Waals surface area contributed by atoms with Crippen molar-refractivity contribution in [1.29, 1.82) is 0 Å². The average Bonchev–Trinajstić information content (AvgIpc) is 3.54. The molecule has 0 radical (unpaired) electrons. The number of ether oxygens (including phenoxy) is 1. The van der Waals surface area contributed by atoms with E-state index >= 15 is 0 Å². The zero-order chi connectivity index (χ0) is 23.1. The Balaban J connectivity index is 1.61. The smallest absolute Gasteiger partial charge is 0.290 e. The van der Waals surface area contributed by atoms with Crippen LogP contribution in [0.15, 0.2) is 81.3 Å². The topological polar surface area (TPSA) is 106 Å². The number of hydrogen-bond donors (Lipinski definition) is 1. The number of pyridine rings is 1. The van der Waals surface area contributed by atoms with Crippen LogP contribution in [0.5, 0.6) is 5.75 Å². The van der Waals surface area contributed by atoms with Gasteiger partial charge in [-0.05, 0) is 35.9 Å². The summed E-state index contributed by atoms with van der Waals surface area (Å²) in [6.45, 7) is 0.0514. The number of rotatable bonds is 6. The van der Waals surface area contributed by atoms with Crippen LogP contribution in [0, 0.1) is 0 Å². The van der Waals surface area contributed by atoms with Gasteiger partial charge >= 0.3 is 0 Å². The molecular weight excluding hydrogens is 448 g/mol. The van der Waals surface area contributed by atoms with E-state index in [9.17, 15) is 14.7 Å². The number of aliphatic hydroxyl groups excluding tert-OH is 1. The van der Waals surface area contributed by atoms with Gasteiger partial charge in [-0.25, -0.2) is 0 Å². The number of carbonyl (C=O) groups is 2. The Hall–Kier alpha value is -4.04. The Labute approximate surface area is 192 Å². The van der Waals surface area contributed by atoms with E-state index in [2.05, 4.69) is 4.98 Å². The average molecular weight is 465 g/mol. The molecule has 1 aromatic carbocycles. The molecule has 1 unspecified atom stereocenters. The maximum Gasteiger partial charge on any atom is 0.290 e. The van der Waals surface area contributed by atoms with E-state index in [0.29, 0.717) is 33.1 Å². The van der Waals surface area contributed by atoms with Crippen LogP contribution >= 0.6 is 11.6 Å². The van der Waals surface area contributed by atoms with E-state index in [4.69, 9.17) is 25.2 Å². The predicted octanol–water partition coefficient (Wildman–Crippen LogP) is 4.86. The molecule has 0 spiro atoms. The zero-order valence-electron chi connectivity index (χ0n) is 17.3. The van der Waals surface area contributed by atoms with Gasteiger partial charge in [0.1, 0.15) is 5.76 Å².